The van der Waals surface area contributed by atoms with E-state index in [2.05, 4.69) is 5.32 Å². The molecule has 0 spiro atoms. The van der Waals surface area contributed by atoms with Gasteiger partial charge in [-0.15, -0.1) is 12.4 Å². The number of aliphatic carboxylic acids is 1. The van der Waals surface area contributed by atoms with Gasteiger partial charge in [0.2, 0.25) is 0 Å². The van der Waals surface area contributed by atoms with Crippen LogP contribution in [0.2, 0.25) is 0 Å². The largest absolute Gasteiger partial charge is 0.480 e. The van der Waals surface area contributed by atoms with E-state index >= 15 is 0 Å². The van der Waals surface area contributed by atoms with E-state index in [1.54, 1.807) is 19.0 Å². The standard InChI is InChI=1S/C4H9NO2.C2H7N.ClH/c1-5(2)3-4(6)7;1-3-2;/h3H2,1-2H3,(H,6,7);3H,1-2H3;1H. The van der Waals surface area contributed by atoms with Crippen molar-refractivity contribution in [2.24, 2.45) is 0 Å². The molecule has 0 radical (unpaired) electrons. The maximum absolute atomic E-state index is 9.77. The molecule has 70 valence electrons. The highest BCUT2D eigenvalue weighted by Gasteiger charge is 1.94. The molecule has 11 heavy (non-hydrogen) atoms. The van der Waals surface area contributed by atoms with Crippen molar-refractivity contribution in [2.75, 3.05) is 34.7 Å². The first-order valence-corrected chi connectivity index (χ1v) is 2.99. The average molecular weight is 185 g/mol. The minimum absolute atomic E-state index is 0. The fourth-order valence-corrected chi connectivity index (χ4v) is 0.271. The van der Waals surface area contributed by atoms with Gasteiger partial charge in [0.1, 0.15) is 0 Å². The lowest BCUT2D eigenvalue weighted by molar-refractivity contribution is -0.137. The van der Waals surface area contributed by atoms with E-state index in [1.807, 2.05) is 14.1 Å². The molecule has 0 rings (SSSR count). The van der Waals surface area contributed by atoms with Crippen LogP contribution in [0.1, 0.15) is 0 Å². The summed E-state index contributed by atoms with van der Waals surface area (Å²) in [6.45, 7) is 0.111. The fraction of sp³-hybridized carbons (Fsp3) is 0.833. The van der Waals surface area contributed by atoms with E-state index < -0.39 is 5.97 Å². The van der Waals surface area contributed by atoms with Crippen LogP contribution in [0.4, 0.5) is 0 Å². The van der Waals surface area contributed by atoms with Crippen molar-refractivity contribution in [1.82, 2.24) is 10.2 Å². The minimum Gasteiger partial charge on any atom is -0.480 e. The van der Waals surface area contributed by atoms with Crippen LogP contribution in [0.5, 0.6) is 0 Å². The van der Waals surface area contributed by atoms with E-state index in [0.717, 1.165) is 0 Å². The SMILES string of the molecule is CN(C)CC(=O)O.CNC.Cl. The first kappa shape index (κ1) is 17.0. The molecular formula is C6H17ClN2O2. The second kappa shape index (κ2) is 12.4. The molecule has 0 aliphatic heterocycles. The summed E-state index contributed by atoms with van der Waals surface area (Å²) in [7, 11) is 7.18. The Bertz CT molecular complexity index is 88.7. The van der Waals surface area contributed by atoms with E-state index in [4.69, 9.17) is 5.11 Å². The quantitative estimate of drug-likeness (QED) is 0.629. The number of carboxylic acid groups (broad SMARTS) is 1. The lowest BCUT2D eigenvalue weighted by atomic mass is 10.6. The Hall–Kier alpha value is -0.320. The molecule has 0 aliphatic carbocycles. The number of carboxylic acids is 1. The van der Waals surface area contributed by atoms with Crippen LogP contribution in [-0.4, -0.2) is 50.7 Å². The third-order valence-corrected chi connectivity index (χ3v) is 0.451. The summed E-state index contributed by atoms with van der Waals surface area (Å²) in [4.78, 5) is 11.4. The van der Waals surface area contributed by atoms with Crippen LogP contribution in [0.25, 0.3) is 0 Å². The first-order valence-electron chi connectivity index (χ1n) is 2.99. The molecule has 0 atom stereocenters. The molecule has 0 heterocycles. The summed E-state index contributed by atoms with van der Waals surface area (Å²) in [5.74, 6) is -0.787. The highest BCUT2D eigenvalue weighted by atomic mass is 35.5. The van der Waals surface area contributed by atoms with Crippen LogP contribution in [0.3, 0.4) is 0 Å². The van der Waals surface area contributed by atoms with Crippen molar-refractivity contribution in [3.05, 3.63) is 0 Å². The van der Waals surface area contributed by atoms with Gasteiger partial charge in [-0.1, -0.05) is 0 Å². The zero-order chi connectivity index (χ0) is 8.57. The minimum atomic E-state index is -0.787. The number of hydrogen-bond donors (Lipinski definition) is 2. The van der Waals surface area contributed by atoms with Crippen LogP contribution in [-0.2, 0) is 4.79 Å². The summed E-state index contributed by atoms with van der Waals surface area (Å²) >= 11 is 0. The Kier molecular flexibility index (Phi) is 19.1. The highest BCUT2D eigenvalue weighted by Crippen LogP contribution is 1.69. The lowest BCUT2D eigenvalue weighted by Crippen LogP contribution is -2.20. The monoisotopic (exact) mass is 184 g/mol. The molecule has 2 N–H and O–H groups in total. The topological polar surface area (TPSA) is 52.6 Å². The summed E-state index contributed by atoms with van der Waals surface area (Å²) in [6, 6.07) is 0. The molecule has 0 saturated heterocycles. The molecule has 0 aromatic carbocycles. The first-order chi connectivity index (χ1) is 4.54. The molecule has 0 aromatic rings. The molecule has 0 unspecified atom stereocenters. The third-order valence-electron chi connectivity index (χ3n) is 0.451. The molecule has 0 aromatic heterocycles. The Morgan fingerprint density at radius 2 is 1.73 bits per heavy atom. The van der Waals surface area contributed by atoms with Gasteiger partial charge in [-0.2, -0.15) is 0 Å². The maximum atomic E-state index is 9.77. The summed E-state index contributed by atoms with van der Waals surface area (Å²) in [6.07, 6.45) is 0. The molecule has 0 saturated carbocycles. The van der Waals surface area contributed by atoms with Gasteiger partial charge >= 0.3 is 5.97 Å². The van der Waals surface area contributed by atoms with E-state index in [0.29, 0.717) is 0 Å². The fourth-order valence-electron chi connectivity index (χ4n) is 0.271. The second-order valence-electron chi connectivity index (χ2n) is 2.13. The van der Waals surface area contributed by atoms with Crippen LogP contribution in [0.15, 0.2) is 0 Å². The van der Waals surface area contributed by atoms with Crippen molar-refractivity contribution < 1.29 is 9.90 Å². The molecule has 0 aliphatic rings. The van der Waals surface area contributed by atoms with E-state index in [1.165, 1.54) is 0 Å². The molecular weight excluding hydrogens is 168 g/mol. The molecule has 0 bridgehead atoms. The number of carbonyl (C=O) groups is 1. The van der Waals surface area contributed by atoms with E-state index in [9.17, 15) is 4.79 Å². The Morgan fingerprint density at radius 1 is 1.45 bits per heavy atom. The van der Waals surface area contributed by atoms with E-state index in [-0.39, 0.29) is 19.0 Å². The van der Waals surface area contributed by atoms with Crippen molar-refractivity contribution in [1.29, 1.82) is 0 Å². The highest BCUT2D eigenvalue weighted by molar-refractivity contribution is 5.85. The Morgan fingerprint density at radius 3 is 1.73 bits per heavy atom. The second-order valence-corrected chi connectivity index (χ2v) is 2.13. The number of halogens is 1. The normalized spacial score (nSPS) is 7.73. The predicted octanol–water partition coefficient (Wildman–Crippen LogP) is -0.110. The van der Waals surface area contributed by atoms with Gasteiger partial charge < -0.3 is 10.4 Å². The molecule has 0 fully saturated rings. The van der Waals surface area contributed by atoms with Gasteiger partial charge in [0, 0.05) is 0 Å². The van der Waals surface area contributed by atoms with Crippen LogP contribution in [0, 0.1) is 0 Å². The smallest absolute Gasteiger partial charge is 0.317 e. The zero-order valence-electron chi connectivity index (χ0n) is 7.42. The van der Waals surface area contributed by atoms with Gasteiger partial charge in [0.05, 0.1) is 6.54 Å². The Labute approximate surface area is 74.0 Å². The third kappa shape index (κ3) is 42.2. The van der Waals surface area contributed by atoms with Crippen molar-refractivity contribution in [2.45, 2.75) is 0 Å². The summed E-state index contributed by atoms with van der Waals surface area (Å²) < 4.78 is 0. The molecule has 0 amide bonds. The average Bonchev–Trinajstić information content (AvgIpc) is 1.62. The van der Waals surface area contributed by atoms with Gasteiger partial charge in [-0.05, 0) is 28.2 Å². The number of nitrogens with one attached hydrogen (secondary N) is 1. The zero-order valence-corrected chi connectivity index (χ0v) is 8.23. The van der Waals surface area contributed by atoms with Crippen LogP contribution < -0.4 is 5.32 Å². The molecule has 4 nitrogen and oxygen atoms in total. The van der Waals surface area contributed by atoms with Crippen LogP contribution >= 0.6 is 12.4 Å². The van der Waals surface area contributed by atoms with Gasteiger partial charge in [-0.25, -0.2) is 0 Å². The molecule has 5 heteroatoms. The number of hydrogen-bond acceptors (Lipinski definition) is 3. The number of nitrogens with zero attached hydrogens (tertiary/aromatic N) is 1. The number of rotatable bonds is 2. The summed E-state index contributed by atoms with van der Waals surface area (Å²) in [5.41, 5.74) is 0. The lowest BCUT2D eigenvalue weighted by Gasteiger charge is -2.01. The van der Waals surface area contributed by atoms with Gasteiger partial charge in [0.15, 0.2) is 0 Å². The number of likely N-dealkylation sites (N-methyl/N-ethyl adjacent to an activating group) is 1. The summed E-state index contributed by atoms with van der Waals surface area (Å²) in [5, 5.41) is 10.8. The van der Waals surface area contributed by atoms with Crippen molar-refractivity contribution >= 4 is 18.4 Å². The van der Waals surface area contributed by atoms with Gasteiger partial charge in [0.25, 0.3) is 0 Å². The van der Waals surface area contributed by atoms with Crippen molar-refractivity contribution in [3.8, 4) is 0 Å². The Balaban J connectivity index is -0.000000140. The van der Waals surface area contributed by atoms with Gasteiger partial charge in [-0.3, -0.25) is 9.69 Å². The maximum Gasteiger partial charge on any atom is 0.317 e. The van der Waals surface area contributed by atoms with Crippen molar-refractivity contribution in [3.63, 3.8) is 0 Å². The predicted molar refractivity (Wildman–Crippen MR) is 48.4 cm³/mol.